The zero-order valence-corrected chi connectivity index (χ0v) is 13.0. The van der Waals surface area contributed by atoms with Crippen LogP contribution in [0.2, 0.25) is 0 Å². The summed E-state index contributed by atoms with van der Waals surface area (Å²) in [5.74, 6) is 1.42. The molecule has 0 aromatic heterocycles. The Bertz CT molecular complexity index is 566. The summed E-state index contributed by atoms with van der Waals surface area (Å²) in [6.45, 7) is 3.23. The smallest absolute Gasteiger partial charge is 0.142 e. The zero-order chi connectivity index (χ0) is 15.2. The number of ether oxygens (including phenoxy) is 1. The zero-order valence-electron chi connectivity index (χ0n) is 13.0. The first-order valence-corrected chi connectivity index (χ1v) is 7.31. The molecule has 1 unspecified atom stereocenters. The van der Waals surface area contributed by atoms with Crippen molar-refractivity contribution in [2.75, 3.05) is 31.3 Å². The van der Waals surface area contributed by atoms with Crippen molar-refractivity contribution < 1.29 is 4.74 Å². The van der Waals surface area contributed by atoms with Gasteiger partial charge in [0, 0.05) is 19.3 Å². The summed E-state index contributed by atoms with van der Waals surface area (Å²) in [5, 5.41) is 0. The number of methoxy groups -OCH3 is 1. The van der Waals surface area contributed by atoms with Gasteiger partial charge in [0.1, 0.15) is 5.75 Å². The number of hydrogen-bond acceptors (Lipinski definition) is 3. The van der Waals surface area contributed by atoms with Crippen LogP contribution in [0.15, 0.2) is 48.5 Å². The Labute approximate surface area is 127 Å². The average Bonchev–Trinajstić information content (AvgIpc) is 2.52. The maximum atomic E-state index is 5.73. The van der Waals surface area contributed by atoms with Crippen molar-refractivity contribution in [3.63, 3.8) is 0 Å². The highest BCUT2D eigenvalue weighted by atomic mass is 16.5. The summed E-state index contributed by atoms with van der Waals surface area (Å²) in [4.78, 5) is 2.24. The predicted octanol–water partition coefficient (Wildman–Crippen LogP) is 3.91. The Balaban J connectivity index is 1.97. The lowest BCUT2D eigenvalue weighted by molar-refractivity contribution is 0.414. The van der Waals surface area contributed by atoms with Gasteiger partial charge in [-0.3, -0.25) is 0 Å². The van der Waals surface area contributed by atoms with Crippen molar-refractivity contribution in [1.29, 1.82) is 0 Å². The molecule has 0 aliphatic carbocycles. The van der Waals surface area contributed by atoms with Crippen molar-refractivity contribution in [1.82, 2.24) is 0 Å². The molecule has 0 heterocycles. The Morgan fingerprint density at radius 2 is 1.76 bits per heavy atom. The van der Waals surface area contributed by atoms with Crippen molar-refractivity contribution in [2.24, 2.45) is 0 Å². The summed E-state index contributed by atoms with van der Waals surface area (Å²) in [7, 11) is 3.82. The van der Waals surface area contributed by atoms with Gasteiger partial charge in [-0.2, -0.15) is 0 Å². The van der Waals surface area contributed by atoms with Gasteiger partial charge in [0.2, 0.25) is 0 Å². The predicted molar refractivity (Wildman–Crippen MR) is 90.2 cm³/mol. The lowest BCUT2D eigenvalue weighted by atomic mass is 9.97. The second-order valence-corrected chi connectivity index (χ2v) is 5.45. The molecule has 3 nitrogen and oxygen atoms in total. The van der Waals surface area contributed by atoms with E-state index in [2.05, 4.69) is 37.1 Å². The van der Waals surface area contributed by atoms with Crippen LogP contribution in [-0.4, -0.2) is 20.7 Å². The maximum absolute atomic E-state index is 5.73. The molecule has 112 valence electrons. The molecule has 0 fully saturated rings. The minimum Gasteiger partial charge on any atom is -0.495 e. The van der Waals surface area contributed by atoms with E-state index < -0.39 is 0 Å². The van der Waals surface area contributed by atoms with Crippen molar-refractivity contribution in [3.8, 4) is 5.75 Å². The van der Waals surface area contributed by atoms with E-state index >= 15 is 0 Å². The van der Waals surface area contributed by atoms with Gasteiger partial charge in [0.25, 0.3) is 0 Å². The summed E-state index contributed by atoms with van der Waals surface area (Å²) in [5.41, 5.74) is 9.01. The van der Waals surface area contributed by atoms with Crippen LogP contribution in [0.25, 0.3) is 0 Å². The van der Waals surface area contributed by atoms with E-state index in [1.54, 1.807) is 7.11 Å². The molecule has 0 aliphatic heterocycles. The van der Waals surface area contributed by atoms with Gasteiger partial charge in [0.15, 0.2) is 0 Å². The quantitative estimate of drug-likeness (QED) is 0.817. The van der Waals surface area contributed by atoms with Gasteiger partial charge in [0.05, 0.1) is 12.8 Å². The summed E-state index contributed by atoms with van der Waals surface area (Å²) in [6, 6.07) is 16.3. The molecule has 1 atom stereocenters. The van der Waals surface area contributed by atoms with E-state index in [0.29, 0.717) is 5.92 Å². The number of rotatable bonds is 6. The van der Waals surface area contributed by atoms with Crippen LogP contribution in [0.5, 0.6) is 5.75 Å². The lowest BCUT2D eigenvalue weighted by Gasteiger charge is -2.23. The molecular formula is C18H24N2O. The molecule has 0 radical (unpaired) electrons. The fourth-order valence-electron chi connectivity index (χ4n) is 2.44. The standard InChI is InChI=1S/C18H24N2O/c1-14(15-8-10-16(19)11-9-15)12-13-20(2)17-6-4-5-7-18(17)21-3/h4-11,14H,12-13,19H2,1-3H3. The van der Waals surface area contributed by atoms with Crippen LogP contribution in [0.1, 0.15) is 24.8 Å². The fraction of sp³-hybridized carbons (Fsp3) is 0.333. The van der Waals surface area contributed by atoms with E-state index in [1.165, 1.54) is 5.56 Å². The minimum atomic E-state index is 0.503. The number of nitrogens with two attached hydrogens (primary N) is 1. The number of nitrogens with zero attached hydrogens (tertiary/aromatic N) is 1. The summed E-state index contributed by atoms with van der Waals surface area (Å²) in [6.07, 6.45) is 1.08. The highest BCUT2D eigenvalue weighted by Gasteiger charge is 2.10. The van der Waals surface area contributed by atoms with E-state index in [4.69, 9.17) is 10.5 Å². The van der Waals surface area contributed by atoms with Crippen molar-refractivity contribution in [3.05, 3.63) is 54.1 Å². The minimum absolute atomic E-state index is 0.503. The molecule has 0 bridgehead atoms. The summed E-state index contributed by atoms with van der Waals surface area (Å²) < 4.78 is 5.42. The first-order chi connectivity index (χ1) is 10.1. The Morgan fingerprint density at radius 1 is 1.10 bits per heavy atom. The van der Waals surface area contributed by atoms with Gasteiger partial charge in [-0.25, -0.2) is 0 Å². The number of hydrogen-bond donors (Lipinski definition) is 1. The van der Waals surface area contributed by atoms with Gasteiger partial charge in [-0.1, -0.05) is 31.2 Å². The van der Waals surface area contributed by atoms with Crippen LogP contribution < -0.4 is 15.4 Å². The molecule has 0 saturated heterocycles. The van der Waals surface area contributed by atoms with E-state index in [9.17, 15) is 0 Å². The molecule has 2 aromatic carbocycles. The first-order valence-electron chi connectivity index (χ1n) is 7.31. The van der Waals surface area contributed by atoms with E-state index in [-0.39, 0.29) is 0 Å². The Hall–Kier alpha value is -2.16. The first kappa shape index (κ1) is 15.2. The molecule has 2 N–H and O–H groups in total. The molecule has 3 heteroatoms. The molecule has 0 spiro atoms. The average molecular weight is 284 g/mol. The maximum Gasteiger partial charge on any atom is 0.142 e. The molecule has 21 heavy (non-hydrogen) atoms. The normalized spacial score (nSPS) is 12.0. The second-order valence-electron chi connectivity index (χ2n) is 5.45. The Kier molecular flexibility index (Phi) is 5.09. The van der Waals surface area contributed by atoms with Crippen LogP contribution in [0.4, 0.5) is 11.4 Å². The second kappa shape index (κ2) is 7.02. The third kappa shape index (κ3) is 3.91. The molecule has 0 amide bonds. The third-order valence-corrected chi connectivity index (χ3v) is 3.90. The van der Waals surface area contributed by atoms with Crippen LogP contribution in [0, 0.1) is 0 Å². The van der Waals surface area contributed by atoms with Gasteiger partial charge < -0.3 is 15.4 Å². The molecule has 0 saturated carbocycles. The topological polar surface area (TPSA) is 38.5 Å². The highest BCUT2D eigenvalue weighted by Crippen LogP contribution is 2.28. The van der Waals surface area contributed by atoms with E-state index in [0.717, 1.165) is 30.1 Å². The van der Waals surface area contributed by atoms with Gasteiger partial charge in [-0.15, -0.1) is 0 Å². The molecule has 2 aromatic rings. The third-order valence-electron chi connectivity index (χ3n) is 3.90. The molecule has 0 aliphatic rings. The fourth-order valence-corrected chi connectivity index (χ4v) is 2.44. The summed E-state index contributed by atoms with van der Waals surface area (Å²) >= 11 is 0. The molecular weight excluding hydrogens is 260 g/mol. The number of nitrogen functional groups attached to an aromatic ring is 1. The van der Waals surface area contributed by atoms with Gasteiger partial charge >= 0.3 is 0 Å². The van der Waals surface area contributed by atoms with E-state index in [1.807, 2.05) is 30.3 Å². The van der Waals surface area contributed by atoms with Crippen molar-refractivity contribution in [2.45, 2.75) is 19.3 Å². The number of para-hydroxylation sites is 2. The Morgan fingerprint density at radius 3 is 2.43 bits per heavy atom. The van der Waals surface area contributed by atoms with Gasteiger partial charge in [-0.05, 0) is 42.2 Å². The SMILES string of the molecule is COc1ccccc1N(C)CCC(C)c1ccc(N)cc1. The molecule has 2 rings (SSSR count). The largest absolute Gasteiger partial charge is 0.495 e. The van der Waals surface area contributed by atoms with Crippen LogP contribution in [0.3, 0.4) is 0 Å². The number of benzene rings is 2. The van der Waals surface area contributed by atoms with Crippen LogP contribution >= 0.6 is 0 Å². The lowest BCUT2D eigenvalue weighted by Crippen LogP contribution is -2.20. The van der Waals surface area contributed by atoms with Crippen LogP contribution in [-0.2, 0) is 0 Å². The number of anilines is 2. The monoisotopic (exact) mass is 284 g/mol. The van der Waals surface area contributed by atoms with Crippen molar-refractivity contribution >= 4 is 11.4 Å². The highest BCUT2D eigenvalue weighted by molar-refractivity contribution is 5.57.